The number of nitrogens with one attached hydrogen (secondary N) is 1. The zero-order chi connectivity index (χ0) is 12.3. The minimum atomic E-state index is 0.269. The third kappa shape index (κ3) is 1.44. The summed E-state index contributed by atoms with van der Waals surface area (Å²) >= 11 is 0. The molecule has 3 saturated carbocycles. The monoisotopic (exact) mass is 241 g/mol. The van der Waals surface area contributed by atoms with Crippen molar-refractivity contribution in [2.75, 3.05) is 5.32 Å². The van der Waals surface area contributed by atoms with Gasteiger partial charge >= 0.3 is 0 Å². The quantitative estimate of drug-likeness (QED) is 0.846. The summed E-state index contributed by atoms with van der Waals surface area (Å²) in [6, 6.07) is 8.10. The summed E-state index contributed by atoms with van der Waals surface area (Å²) < 4.78 is 0. The summed E-state index contributed by atoms with van der Waals surface area (Å²) in [6.07, 6.45) is 4.16. The number of hydrogen-bond acceptors (Lipinski definition) is 1. The average Bonchev–Trinajstić information content (AvgIpc) is 2.82. The molecular weight excluding hydrogens is 222 g/mol. The molecule has 4 rings (SSSR count). The van der Waals surface area contributed by atoms with Gasteiger partial charge < -0.3 is 5.32 Å². The van der Waals surface area contributed by atoms with Crippen LogP contribution in [0.25, 0.3) is 0 Å². The van der Waals surface area contributed by atoms with Crippen LogP contribution in [0.15, 0.2) is 24.3 Å². The van der Waals surface area contributed by atoms with Crippen molar-refractivity contribution >= 4 is 11.6 Å². The lowest BCUT2D eigenvalue weighted by atomic mass is 10.0. The van der Waals surface area contributed by atoms with Crippen LogP contribution in [0.3, 0.4) is 0 Å². The molecule has 1 aromatic rings. The van der Waals surface area contributed by atoms with Gasteiger partial charge in [0.05, 0.1) is 0 Å². The average molecular weight is 241 g/mol. The first-order valence-corrected chi connectivity index (χ1v) is 7.11. The summed E-state index contributed by atoms with van der Waals surface area (Å²) in [4.78, 5) is 12.3. The van der Waals surface area contributed by atoms with Crippen molar-refractivity contribution in [1.29, 1.82) is 0 Å². The fourth-order valence-electron chi connectivity index (χ4n) is 4.54. The maximum atomic E-state index is 12.3. The molecule has 3 aliphatic rings. The Morgan fingerprint density at radius 2 is 1.72 bits per heavy atom. The number of benzene rings is 1. The summed E-state index contributed by atoms with van der Waals surface area (Å²) in [6.45, 7) is 2.06. The first-order chi connectivity index (χ1) is 8.74. The van der Waals surface area contributed by atoms with E-state index in [-0.39, 0.29) is 5.91 Å². The third-order valence-electron chi connectivity index (χ3n) is 5.36. The molecule has 18 heavy (non-hydrogen) atoms. The van der Waals surface area contributed by atoms with Crippen molar-refractivity contribution in [2.45, 2.75) is 26.2 Å². The first-order valence-electron chi connectivity index (χ1n) is 7.11. The van der Waals surface area contributed by atoms with Crippen LogP contribution in [0.2, 0.25) is 0 Å². The number of anilines is 1. The van der Waals surface area contributed by atoms with Gasteiger partial charge in [0.25, 0.3) is 0 Å². The molecule has 0 aliphatic heterocycles. The van der Waals surface area contributed by atoms with Gasteiger partial charge in [-0.05, 0) is 62.0 Å². The van der Waals surface area contributed by atoms with Crippen molar-refractivity contribution in [1.82, 2.24) is 0 Å². The lowest BCUT2D eigenvalue weighted by Crippen LogP contribution is -2.18. The maximum absolute atomic E-state index is 12.3. The van der Waals surface area contributed by atoms with Crippen molar-refractivity contribution < 1.29 is 4.79 Å². The fraction of sp³-hybridized carbons (Fsp3) is 0.562. The topological polar surface area (TPSA) is 29.1 Å². The predicted octanol–water partition coefficient (Wildman–Crippen LogP) is 3.23. The smallest absolute Gasteiger partial charge is 0.228 e. The Labute approximate surface area is 108 Å². The van der Waals surface area contributed by atoms with E-state index in [1.54, 1.807) is 0 Å². The minimum Gasteiger partial charge on any atom is -0.326 e. The highest BCUT2D eigenvalue weighted by Gasteiger charge is 2.67. The zero-order valence-corrected chi connectivity index (χ0v) is 10.7. The molecule has 94 valence electrons. The lowest BCUT2D eigenvalue weighted by molar-refractivity contribution is -0.118. The molecule has 0 heterocycles. The fourth-order valence-corrected chi connectivity index (χ4v) is 4.54. The Morgan fingerprint density at radius 3 is 2.33 bits per heavy atom. The van der Waals surface area contributed by atoms with Crippen molar-refractivity contribution in [2.24, 2.45) is 29.6 Å². The summed E-state index contributed by atoms with van der Waals surface area (Å²) in [5, 5.41) is 3.09. The molecule has 5 atom stereocenters. The number of carbonyl (C=O) groups is 1. The molecule has 0 radical (unpaired) electrons. The van der Waals surface area contributed by atoms with Crippen LogP contribution in [-0.2, 0) is 4.79 Å². The van der Waals surface area contributed by atoms with Crippen LogP contribution < -0.4 is 5.32 Å². The normalized spacial score (nSPS) is 39.5. The number of rotatable bonds is 2. The molecule has 1 amide bonds. The molecule has 0 saturated heterocycles. The van der Waals surface area contributed by atoms with Crippen molar-refractivity contribution in [3.8, 4) is 0 Å². The van der Waals surface area contributed by atoms with Gasteiger partial charge in [-0.25, -0.2) is 0 Å². The van der Waals surface area contributed by atoms with E-state index in [1.807, 2.05) is 24.3 Å². The summed E-state index contributed by atoms with van der Waals surface area (Å²) in [5.41, 5.74) is 2.18. The standard InChI is InChI=1S/C16H19NO/c1-9-2-6-12(7-3-9)17-16(18)15-13-10-4-5-11(8-10)14(13)15/h2-3,6-7,10-11,13-15H,4-5,8H2,1H3,(H,17,18)/t10-,11-,13-,14+,15?/m1/s1. The van der Waals surface area contributed by atoms with Crippen LogP contribution in [0.1, 0.15) is 24.8 Å². The number of amides is 1. The van der Waals surface area contributed by atoms with Crippen LogP contribution in [0, 0.1) is 36.5 Å². The van der Waals surface area contributed by atoms with Gasteiger partial charge in [-0.3, -0.25) is 4.79 Å². The van der Waals surface area contributed by atoms with Crippen LogP contribution in [-0.4, -0.2) is 5.91 Å². The molecule has 0 spiro atoms. The highest BCUT2D eigenvalue weighted by atomic mass is 16.2. The van der Waals surface area contributed by atoms with E-state index in [0.29, 0.717) is 5.92 Å². The second kappa shape index (κ2) is 3.59. The first kappa shape index (κ1) is 10.6. The largest absolute Gasteiger partial charge is 0.326 e. The molecule has 0 aromatic heterocycles. The van der Waals surface area contributed by atoms with E-state index in [9.17, 15) is 4.79 Å². The van der Waals surface area contributed by atoms with Crippen molar-refractivity contribution in [3.05, 3.63) is 29.8 Å². The van der Waals surface area contributed by atoms with Gasteiger partial charge in [0.1, 0.15) is 0 Å². The molecule has 1 unspecified atom stereocenters. The van der Waals surface area contributed by atoms with Crippen LogP contribution in [0.5, 0.6) is 0 Å². The molecular formula is C16H19NO. The molecule has 3 fully saturated rings. The Bertz CT molecular complexity index is 476. The van der Waals surface area contributed by atoms with Crippen LogP contribution in [0.4, 0.5) is 5.69 Å². The van der Waals surface area contributed by atoms with E-state index in [0.717, 1.165) is 29.4 Å². The van der Waals surface area contributed by atoms with Crippen LogP contribution >= 0.6 is 0 Å². The Kier molecular flexibility index (Phi) is 2.12. The Balaban J connectivity index is 1.45. The van der Waals surface area contributed by atoms with E-state index < -0.39 is 0 Å². The second-order valence-electron chi connectivity index (χ2n) is 6.37. The molecule has 2 bridgehead atoms. The molecule has 1 aromatic carbocycles. The second-order valence-corrected chi connectivity index (χ2v) is 6.37. The van der Waals surface area contributed by atoms with E-state index in [1.165, 1.54) is 24.8 Å². The van der Waals surface area contributed by atoms with Gasteiger partial charge in [-0.15, -0.1) is 0 Å². The van der Waals surface area contributed by atoms with Gasteiger partial charge in [0, 0.05) is 11.6 Å². The predicted molar refractivity (Wildman–Crippen MR) is 71.1 cm³/mol. The maximum Gasteiger partial charge on any atom is 0.228 e. The Hall–Kier alpha value is -1.31. The molecule has 3 aliphatic carbocycles. The van der Waals surface area contributed by atoms with E-state index in [2.05, 4.69) is 12.2 Å². The lowest BCUT2D eigenvalue weighted by Gasteiger charge is -2.09. The highest BCUT2D eigenvalue weighted by Crippen LogP contribution is 2.69. The molecule has 1 N–H and O–H groups in total. The summed E-state index contributed by atoms with van der Waals surface area (Å²) in [7, 11) is 0. The number of carbonyl (C=O) groups excluding carboxylic acids is 1. The summed E-state index contributed by atoms with van der Waals surface area (Å²) in [5.74, 6) is 3.80. The molecule has 2 heteroatoms. The minimum absolute atomic E-state index is 0.269. The zero-order valence-electron chi connectivity index (χ0n) is 10.7. The Morgan fingerprint density at radius 1 is 1.11 bits per heavy atom. The van der Waals surface area contributed by atoms with Gasteiger partial charge in [-0.1, -0.05) is 17.7 Å². The number of aryl methyl sites for hydroxylation is 1. The SMILES string of the molecule is Cc1ccc(NC(=O)C2[C@@H]3[C@@H]4CC[C@H](C4)[C@H]23)cc1. The highest BCUT2D eigenvalue weighted by molar-refractivity contribution is 5.95. The number of hydrogen-bond donors (Lipinski definition) is 1. The van der Waals surface area contributed by atoms with E-state index in [4.69, 9.17) is 0 Å². The van der Waals surface area contributed by atoms with Crippen molar-refractivity contribution in [3.63, 3.8) is 0 Å². The van der Waals surface area contributed by atoms with E-state index >= 15 is 0 Å². The van der Waals surface area contributed by atoms with Gasteiger partial charge in [0.2, 0.25) is 5.91 Å². The van der Waals surface area contributed by atoms with Gasteiger partial charge in [-0.2, -0.15) is 0 Å². The third-order valence-corrected chi connectivity index (χ3v) is 5.36. The number of fused-ring (bicyclic) bond motifs is 5. The molecule has 2 nitrogen and oxygen atoms in total. The van der Waals surface area contributed by atoms with Gasteiger partial charge in [0.15, 0.2) is 0 Å².